The Morgan fingerprint density at radius 2 is 1.88 bits per heavy atom. The monoisotopic (exact) mass is 558 g/mol. The summed E-state index contributed by atoms with van der Waals surface area (Å²) in [4.78, 5) is 7.68. The molecule has 1 atom stereocenters. The summed E-state index contributed by atoms with van der Waals surface area (Å²) >= 11 is 0. The molecule has 11 heteroatoms. The second kappa shape index (κ2) is 11.6. The maximum Gasteiger partial charge on any atom is 0.215 e. The van der Waals surface area contributed by atoms with Crippen LogP contribution in [0.3, 0.4) is 0 Å². The van der Waals surface area contributed by atoms with Crippen molar-refractivity contribution in [1.82, 2.24) is 24.4 Å². The van der Waals surface area contributed by atoms with Crippen LogP contribution in [-0.4, -0.2) is 42.8 Å². The molecular formula is C30H25F3N6O2. The van der Waals surface area contributed by atoms with Gasteiger partial charge in [-0.3, -0.25) is 4.99 Å². The van der Waals surface area contributed by atoms with E-state index in [1.54, 1.807) is 41.1 Å². The average Bonchev–Trinajstić information content (AvgIpc) is 3.61. The molecule has 0 aliphatic heterocycles. The molecule has 0 radical (unpaired) electrons. The maximum absolute atomic E-state index is 14.9. The third kappa shape index (κ3) is 5.66. The van der Waals surface area contributed by atoms with Crippen molar-refractivity contribution in [3.05, 3.63) is 120 Å². The minimum Gasteiger partial charge on any atom is -0.474 e. The third-order valence-electron chi connectivity index (χ3n) is 6.48. The standard InChI is InChI=1S/C30H25F3N6O2/c1-3-20(13-14-34-2)28-26-5-4-6-27(39(26)37-29(28)21-7-9-22(31)10-8-21)41-17-30(40,16-38-19-35-18-36-38)24-12-11-23(32)15-25(24)33/h3-15,18-19,40H,2,16-17H2,1H3/b14-13-,20-3+. The first-order valence-electron chi connectivity index (χ1n) is 12.5. The normalized spacial score (nSPS) is 13.5. The Kier molecular flexibility index (Phi) is 7.79. The van der Waals surface area contributed by atoms with Crippen LogP contribution in [0.5, 0.6) is 5.88 Å². The zero-order chi connectivity index (χ0) is 29.0. The Bertz CT molecular complexity index is 1750. The second-order valence-corrected chi connectivity index (χ2v) is 9.17. The van der Waals surface area contributed by atoms with E-state index in [9.17, 15) is 18.3 Å². The molecular weight excluding hydrogens is 533 g/mol. The second-order valence-electron chi connectivity index (χ2n) is 9.17. The van der Waals surface area contributed by atoms with E-state index in [2.05, 4.69) is 21.8 Å². The van der Waals surface area contributed by atoms with Crippen LogP contribution in [0.2, 0.25) is 0 Å². The van der Waals surface area contributed by atoms with Crippen LogP contribution >= 0.6 is 0 Å². The number of hydrogen-bond donors (Lipinski definition) is 1. The van der Waals surface area contributed by atoms with Crippen LogP contribution in [0.1, 0.15) is 18.1 Å². The molecule has 5 rings (SSSR count). The van der Waals surface area contributed by atoms with E-state index in [1.165, 1.54) is 35.5 Å². The highest BCUT2D eigenvalue weighted by Crippen LogP contribution is 2.35. The van der Waals surface area contributed by atoms with Gasteiger partial charge >= 0.3 is 0 Å². The molecule has 3 aromatic heterocycles. The van der Waals surface area contributed by atoms with Crippen molar-refractivity contribution >= 4 is 17.8 Å². The smallest absolute Gasteiger partial charge is 0.215 e. The Hall–Kier alpha value is -5.03. The topological polar surface area (TPSA) is 89.8 Å². The predicted molar refractivity (Wildman–Crippen MR) is 149 cm³/mol. The zero-order valence-corrected chi connectivity index (χ0v) is 22.0. The van der Waals surface area contributed by atoms with Gasteiger partial charge in [-0.05, 0) is 61.7 Å². The molecule has 0 amide bonds. The zero-order valence-electron chi connectivity index (χ0n) is 22.0. The van der Waals surface area contributed by atoms with E-state index in [0.717, 1.165) is 17.2 Å². The molecule has 0 aliphatic carbocycles. The van der Waals surface area contributed by atoms with Crippen LogP contribution in [0, 0.1) is 17.5 Å². The molecule has 1 N–H and O–H groups in total. The van der Waals surface area contributed by atoms with Crippen LogP contribution in [-0.2, 0) is 12.1 Å². The molecule has 1 unspecified atom stereocenters. The van der Waals surface area contributed by atoms with Crippen molar-refractivity contribution < 1.29 is 23.0 Å². The van der Waals surface area contributed by atoms with Gasteiger partial charge in [-0.2, -0.15) is 14.7 Å². The first-order chi connectivity index (χ1) is 19.8. The number of benzene rings is 2. The van der Waals surface area contributed by atoms with Gasteiger partial charge in [0.05, 0.1) is 12.1 Å². The summed E-state index contributed by atoms with van der Waals surface area (Å²) in [5, 5.41) is 20.5. The summed E-state index contributed by atoms with van der Waals surface area (Å²) in [6.07, 6.45) is 7.85. The summed E-state index contributed by atoms with van der Waals surface area (Å²) in [6.45, 7) is 4.70. The van der Waals surface area contributed by atoms with Crippen LogP contribution in [0.25, 0.3) is 22.3 Å². The van der Waals surface area contributed by atoms with Crippen LogP contribution in [0.15, 0.2) is 96.7 Å². The Morgan fingerprint density at radius 1 is 1.10 bits per heavy atom. The molecule has 0 spiro atoms. The number of hydrogen-bond acceptors (Lipinski definition) is 6. The van der Waals surface area contributed by atoms with Gasteiger partial charge < -0.3 is 9.84 Å². The minimum atomic E-state index is -1.96. The van der Waals surface area contributed by atoms with Crippen LogP contribution < -0.4 is 4.74 Å². The number of rotatable bonds is 10. The lowest BCUT2D eigenvalue weighted by atomic mass is 9.94. The van der Waals surface area contributed by atoms with Gasteiger partial charge in [0.2, 0.25) is 5.88 Å². The lowest BCUT2D eigenvalue weighted by molar-refractivity contribution is -0.0314. The highest BCUT2D eigenvalue weighted by molar-refractivity contribution is 5.92. The maximum atomic E-state index is 14.9. The fourth-order valence-electron chi connectivity index (χ4n) is 4.56. The van der Waals surface area contributed by atoms with Crippen molar-refractivity contribution in [3.8, 4) is 17.1 Å². The summed E-state index contributed by atoms with van der Waals surface area (Å²) < 4.78 is 51.3. The number of ether oxygens (including phenoxy) is 1. The Morgan fingerprint density at radius 3 is 2.56 bits per heavy atom. The van der Waals surface area contributed by atoms with Gasteiger partial charge in [0, 0.05) is 35.0 Å². The largest absolute Gasteiger partial charge is 0.474 e. The Balaban J connectivity index is 1.60. The van der Waals surface area contributed by atoms with Crippen molar-refractivity contribution in [2.45, 2.75) is 19.1 Å². The molecule has 8 nitrogen and oxygen atoms in total. The van der Waals surface area contributed by atoms with Crippen molar-refractivity contribution in [2.75, 3.05) is 6.61 Å². The third-order valence-corrected chi connectivity index (χ3v) is 6.48. The molecule has 208 valence electrons. The van der Waals surface area contributed by atoms with Crippen molar-refractivity contribution in [2.24, 2.45) is 4.99 Å². The number of pyridine rings is 1. The summed E-state index contributed by atoms with van der Waals surface area (Å²) in [7, 11) is 0. The first-order valence-corrected chi connectivity index (χ1v) is 12.5. The predicted octanol–water partition coefficient (Wildman–Crippen LogP) is 5.59. The van der Waals surface area contributed by atoms with Gasteiger partial charge in [0.1, 0.15) is 48.0 Å². The minimum absolute atomic E-state index is 0.173. The molecule has 0 aliphatic rings. The fourth-order valence-corrected chi connectivity index (χ4v) is 4.56. The van der Waals surface area contributed by atoms with E-state index in [4.69, 9.17) is 9.84 Å². The average molecular weight is 559 g/mol. The van der Waals surface area contributed by atoms with Crippen molar-refractivity contribution in [1.29, 1.82) is 0 Å². The highest BCUT2D eigenvalue weighted by atomic mass is 19.1. The Labute approximate surface area is 233 Å². The number of halogens is 3. The molecule has 3 heterocycles. The number of aliphatic imine (C=N–C) groups is 1. The van der Waals surface area contributed by atoms with Crippen molar-refractivity contribution in [3.63, 3.8) is 0 Å². The molecule has 0 saturated carbocycles. The quantitative estimate of drug-likeness (QED) is 0.178. The molecule has 41 heavy (non-hydrogen) atoms. The molecule has 5 aromatic rings. The van der Waals surface area contributed by atoms with E-state index >= 15 is 0 Å². The van der Waals surface area contributed by atoms with E-state index in [-0.39, 0.29) is 23.8 Å². The molecule has 0 bridgehead atoms. The first kappa shape index (κ1) is 27.5. The summed E-state index contributed by atoms with van der Waals surface area (Å²) in [5.74, 6) is -1.87. The fraction of sp³-hybridized carbons (Fsp3) is 0.133. The van der Waals surface area contributed by atoms with Crippen LogP contribution in [0.4, 0.5) is 13.2 Å². The summed E-state index contributed by atoms with van der Waals surface area (Å²) in [6, 6.07) is 14.1. The molecule has 2 aromatic carbocycles. The molecule has 0 fully saturated rings. The van der Waals surface area contributed by atoms with Gasteiger partial charge in [0.15, 0.2) is 0 Å². The van der Waals surface area contributed by atoms with E-state index in [0.29, 0.717) is 22.8 Å². The SMILES string of the molecule is C=N/C=C\C(=C/C)c1c(-c2ccc(F)cc2)nn2c(OCC(O)(Cn3cncn3)c3ccc(F)cc3F)cccc12. The number of fused-ring (bicyclic) bond motifs is 1. The van der Waals surface area contributed by atoms with Gasteiger partial charge in [-0.25, -0.2) is 22.8 Å². The number of aromatic nitrogens is 5. The van der Waals surface area contributed by atoms with E-state index < -0.39 is 23.8 Å². The number of nitrogens with zero attached hydrogens (tertiary/aromatic N) is 6. The number of aliphatic hydroxyl groups is 1. The summed E-state index contributed by atoms with van der Waals surface area (Å²) in [5.41, 5.74) is 1.23. The molecule has 0 saturated heterocycles. The highest BCUT2D eigenvalue weighted by Gasteiger charge is 2.35. The lowest BCUT2D eigenvalue weighted by Crippen LogP contribution is -2.39. The number of allylic oxidation sites excluding steroid dienone is 3. The van der Waals surface area contributed by atoms with Gasteiger partial charge in [-0.1, -0.05) is 18.2 Å². The van der Waals surface area contributed by atoms with Gasteiger partial charge in [-0.15, -0.1) is 0 Å². The van der Waals surface area contributed by atoms with E-state index in [1.807, 2.05) is 19.1 Å². The van der Waals surface area contributed by atoms with Gasteiger partial charge in [0.25, 0.3) is 0 Å². The lowest BCUT2D eigenvalue weighted by Gasteiger charge is -2.28.